The van der Waals surface area contributed by atoms with Crippen LogP contribution in [-0.4, -0.2) is 45.5 Å². The van der Waals surface area contributed by atoms with Crippen LogP contribution < -0.4 is 16.4 Å². The second-order valence-electron chi connectivity index (χ2n) is 7.66. The van der Waals surface area contributed by atoms with E-state index in [4.69, 9.17) is 10.7 Å². The van der Waals surface area contributed by atoms with Gasteiger partial charge in [-0.25, -0.2) is 4.98 Å². The van der Waals surface area contributed by atoms with Crippen molar-refractivity contribution in [2.75, 3.05) is 18.4 Å². The second kappa shape index (κ2) is 8.96. The smallest absolute Gasteiger partial charge is 0.154 e. The van der Waals surface area contributed by atoms with E-state index < -0.39 is 0 Å². The molecule has 0 unspecified atom stereocenters. The molecule has 0 radical (unpaired) electrons. The van der Waals surface area contributed by atoms with Gasteiger partial charge in [-0.2, -0.15) is 5.10 Å². The summed E-state index contributed by atoms with van der Waals surface area (Å²) in [4.78, 5) is 13.9. The van der Waals surface area contributed by atoms with Crippen molar-refractivity contribution in [1.29, 1.82) is 0 Å². The van der Waals surface area contributed by atoms with E-state index in [2.05, 4.69) is 44.7 Å². The summed E-state index contributed by atoms with van der Waals surface area (Å²) >= 11 is 0. The molecule has 0 spiro atoms. The van der Waals surface area contributed by atoms with Crippen molar-refractivity contribution in [1.82, 2.24) is 25.5 Å². The van der Waals surface area contributed by atoms with Crippen LogP contribution >= 0.6 is 0 Å². The normalized spacial score (nSPS) is 17.3. The molecule has 3 aromatic heterocycles. The van der Waals surface area contributed by atoms with Crippen molar-refractivity contribution in [2.24, 2.45) is 10.7 Å². The number of aliphatic imine (C=N–C) groups is 1. The van der Waals surface area contributed by atoms with Gasteiger partial charge in [0.25, 0.3) is 0 Å². The molecule has 8 heteroatoms. The lowest BCUT2D eigenvalue weighted by molar-refractivity contribution is 0.748. The van der Waals surface area contributed by atoms with E-state index in [1.165, 1.54) is 0 Å². The number of hydrogen-bond acceptors (Lipinski definition) is 8. The summed E-state index contributed by atoms with van der Waals surface area (Å²) in [6.45, 7) is 6.15. The highest BCUT2D eigenvalue weighted by Crippen LogP contribution is 2.22. The topological polar surface area (TPSA) is 114 Å². The number of nitrogens with zero attached hydrogens (tertiary/aromatic N) is 5. The van der Waals surface area contributed by atoms with E-state index in [-0.39, 0.29) is 0 Å². The van der Waals surface area contributed by atoms with Crippen LogP contribution in [0.5, 0.6) is 0 Å². The van der Waals surface area contributed by atoms with Crippen LogP contribution in [0.25, 0.3) is 16.6 Å². The Morgan fingerprint density at radius 2 is 2.13 bits per heavy atom. The third-order valence-electron chi connectivity index (χ3n) is 5.11. The molecule has 4 N–H and O–H groups in total. The molecule has 1 saturated heterocycles. The van der Waals surface area contributed by atoms with Gasteiger partial charge in [0.2, 0.25) is 0 Å². The van der Waals surface area contributed by atoms with E-state index in [9.17, 15) is 0 Å². The Balaban J connectivity index is 1.58. The average molecular weight is 403 g/mol. The van der Waals surface area contributed by atoms with Crippen LogP contribution in [0.15, 0.2) is 47.9 Å². The molecule has 1 aliphatic heterocycles. The van der Waals surface area contributed by atoms with Crippen LogP contribution in [0.3, 0.4) is 0 Å². The van der Waals surface area contributed by atoms with Crippen molar-refractivity contribution < 1.29 is 0 Å². The van der Waals surface area contributed by atoms with Gasteiger partial charge in [-0.15, -0.1) is 5.10 Å². The Labute approximate surface area is 175 Å². The first-order valence-corrected chi connectivity index (χ1v) is 10.1. The number of anilines is 2. The molecule has 4 heterocycles. The van der Waals surface area contributed by atoms with Crippen molar-refractivity contribution in [3.8, 4) is 0 Å². The third-order valence-corrected chi connectivity index (χ3v) is 5.11. The molecule has 1 aliphatic rings. The van der Waals surface area contributed by atoms with Gasteiger partial charge < -0.3 is 16.4 Å². The number of aromatic nitrogens is 4. The SMILES string of the molecule is CC(C)c1cnnc(Nc2ccc3ncc(C(C=N[C@H]4CCNC4)=CN)cc3n2)c1. The van der Waals surface area contributed by atoms with Gasteiger partial charge in [-0.05, 0) is 48.7 Å². The summed E-state index contributed by atoms with van der Waals surface area (Å²) in [5.41, 5.74) is 10.3. The van der Waals surface area contributed by atoms with Gasteiger partial charge in [-0.1, -0.05) is 13.8 Å². The molecule has 0 aromatic carbocycles. The minimum atomic E-state index is 0.296. The monoisotopic (exact) mass is 402 g/mol. The molecule has 3 aromatic rings. The van der Waals surface area contributed by atoms with Crippen molar-refractivity contribution in [3.63, 3.8) is 0 Å². The Kier molecular flexibility index (Phi) is 5.94. The summed E-state index contributed by atoms with van der Waals surface area (Å²) in [7, 11) is 0. The Morgan fingerprint density at radius 3 is 2.90 bits per heavy atom. The summed E-state index contributed by atoms with van der Waals surface area (Å²) in [6, 6.07) is 8.07. The van der Waals surface area contributed by atoms with Crippen LogP contribution in [0, 0.1) is 0 Å². The number of nitrogens with one attached hydrogen (secondary N) is 2. The maximum atomic E-state index is 5.86. The number of pyridine rings is 2. The molecule has 1 fully saturated rings. The fraction of sp³-hybridized carbons (Fsp3) is 0.318. The fourth-order valence-electron chi connectivity index (χ4n) is 3.29. The fourth-order valence-corrected chi connectivity index (χ4v) is 3.29. The summed E-state index contributed by atoms with van der Waals surface area (Å²) in [5, 5.41) is 14.8. The van der Waals surface area contributed by atoms with Gasteiger partial charge in [0, 0.05) is 36.3 Å². The summed E-state index contributed by atoms with van der Waals surface area (Å²) in [5.74, 6) is 1.72. The predicted molar refractivity (Wildman–Crippen MR) is 121 cm³/mol. The summed E-state index contributed by atoms with van der Waals surface area (Å²) < 4.78 is 0. The molecule has 0 saturated carbocycles. The zero-order valence-corrected chi connectivity index (χ0v) is 17.2. The molecule has 154 valence electrons. The van der Waals surface area contributed by atoms with Crippen LogP contribution in [-0.2, 0) is 0 Å². The van der Waals surface area contributed by atoms with E-state index >= 15 is 0 Å². The van der Waals surface area contributed by atoms with Gasteiger partial charge >= 0.3 is 0 Å². The highest BCUT2D eigenvalue weighted by Gasteiger charge is 2.12. The minimum absolute atomic E-state index is 0.296. The standard InChI is InChI=1S/C22H26N8/c1-14(2)15-8-22(30-27-12-15)29-21-4-3-19-20(28-21)7-16(10-26-19)17(9-23)11-25-18-5-6-24-13-18/h3-4,7-12,14,18,24H,5-6,13,23H2,1-2H3,(H,28,29,30)/t18-/m0/s1. The van der Waals surface area contributed by atoms with Crippen LogP contribution in [0.2, 0.25) is 0 Å². The lowest BCUT2D eigenvalue weighted by Crippen LogP contribution is -2.11. The molecular formula is C22H26N8. The molecule has 0 amide bonds. The number of rotatable bonds is 6. The molecule has 1 atom stereocenters. The quantitative estimate of drug-likeness (QED) is 0.543. The van der Waals surface area contributed by atoms with Gasteiger partial charge in [0.15, 0.2) is 5.82 Å². The second-order valence-corrected chi connectivity index (χ2v) is 7.66. The molecule has 30 heavy (non-hydrogen) atoms. The number of hydrogen-bond donors (Lipinski definition) is 3. The lowest BCUT2D eigenvalue weighted by Gasteiger charge is -2.09. The average Bonchev–Trinajstić information content (AvgIpc) is 3.28. The zero-order valence-electron chi connectivity index (χ0n) is 17.2. The molecule has 8 nitrogen and oxygen atoms in total. The van der Waals surface area contributed by atoms with E-state index in [1.54, 1.807) is 18.6 Å². The minimum Gasteiger partial charge on any atom is -0.404 e. The maximum Gasteiger partial charge on any atom is 0.154 e. The zero-order chi connectivity index (χ0) is 20.9. The Bertz CT molecular complexity index is 1080. The third kappa shape index (κ3) is 4.60. The Hall–Kier alpha value is -3.39. The highest BCUT2D eigenvalue weighted by atomic mass is 15.2. The van der Waals surface area contributed by atoms with Gasteiger partial charge in [-0.3, -0.25) is 9.98 Å². The molecular weight excluding hydrogens is 376 g/mol. The molecule has 0 bridgehead atoms. The first-order valence-electron chi connectivity index (χ1n) is 10.1. The van der Waals surface area contributed by atoms with Gasteiger partial charge in [0.1, 0.15) is 5.82 Å². The predicted octanol–water partition coefficient (Wildman–Crippen LogP) is 3.02. The first-order chi connectivity index (χ1) is 14.6. The number of fused-ring (bicyclic) bond motifs is 1. The van der Waals surface area contributed by atoms with Gasteiger partial charge in [0.05, 0.1) is 23.3 Å². The number of allylic oxidation sites excluding steroid dienone is 1. The lowest BCUT2D eigenvalue weighted by atomic mass is 10.1. The van der Waals surface area contributed by atoms with Crippen LogP contribution in [0.1, 0.15) is 37.3 Å². The van der Waals surface area contributed by atoms with E-state index in [0.29, 0.717) is 23.6 Å². The summed E-state index contributed by atoms with van der Waals surface area (Å²) in [6.07, 6.45) is 8.01. The van der Waals surface area contributed by atoms with Crippen molar-refractivity contribution in [3.05, 3.63) is 54.0 Å². The van der Waals surface area contributed by atoms with Crippen molar-refractivity contribution in [2.45, 2.75) is 32.2 Å². The van der Waals surface area contributed by atoms with Crippen molar-refractivity contribution >= 4 is 34.5 Å². The highest BCUT2D eigenvalue weighted by molar-refractivity contribution is 6.10. The Morgan fingerprint density at radius 1 is 1.23 bits per heavy atom. The van der Waals surface area contributed by atoms with E-state index in [0.717, 1.165) is 47.2 Å². The maximum absolute atomic E-state index is 5.86. The molecule has 0 aliphatic carbocycles. The van der Waals surface area contributed by atoms with Crippen LogP contribution in [0.4, 0.5) is 11.6 Å². The largest absolute Gasteiger partial charge is 0.404 e. The molecule has 4 rings (SSSR count). The van der Waals surface area contributed by atoms with E-state index in [1.807, 2.05) is 30.5 Å². The first kappa shape index (κ1) is 19.9. The number of nitrogens with two attached hydrogens (primary N) is 1.